The minimum absolute atomic E-state index is 0.149. The maximum Gasteiger partial charge on any atom is 0.265 e. The second kappa shape index (κ2) is 8.14. The Morgan fingerprint density at radius 2 is 1.84 bits per heavy atom. The molecule has 0 aliphatic heterocycles. The Bertz CT molecular complexity index is 1280. The third-order valence-electron chi connectivity index (χ3n) is 4.79. The molecule has 0 unspecified atom stereocenters. The molecule has 0 bridgehead atoms. The average Bonchev–Trinajstić information content (AvgIpc) is 3.12. The summed E-state index contributed by atoms with van der Waals surface area (Å²) in [5.41, 5.74) is 4.86. The van der Waals surface area contributed by atoms with Gasteiger partial charge in [-0.15, -0.1) is 0 Å². The standard InChI is InChI=1S/C23H21FN4O3/c1-12-8-13(2)20(14(3)9-12)27-18(29)11-30-22-19-21(16-6-5-7-17(24)10-16)28-31-23(19)26-15(4)25-22/h5-10H,11H2,1-4H3,(H,27,29). The Balaban J connectivity index is 1.61. The van der Waals surface area contributed by atoms with Crippen LogP contribution in [-0.2, 0) is 4.79 Å². The van der Waals surface area contributed by atoms with Crippen molar-refractivity contribution in [3.8, 4) is 17.1 Å². The zero-order valence-electron chi connectivity index (χ0n) is 17.6. The summed E-state index contributed by atoms with van der Waals surface area (Å²) in [5, 5.41) is 7.28. The summed E-state index contributed by atoms with van der Waals surface area (Å²) in [6.45, 7) is 7.29. The molecule has 2 aromatic heterocycles. The summed E-state index contributed by atoms with van der Waals surface area (Å²) < 4.78 is 24.7. The second-order valence-electron chi connectivity index (χ2n) is 7.41. The molecule has 8 heteroatoms. The summed E-state index contributed by atoms with van der Waals surface area (Å²) in [4.78, 5) is 21.1. The monoisotopic (exact) mass is 420 g/mol. The van der Waals surface area contributed by atoms with Gasteiger partial charge in [-0.05, 0) is 51.0 Å². The molecule has 4 aromatic rings. The number of carbonyl (C=O) groups is 1. The van der Waals surface area contributed by atoms with E-state index in [0.717, 1.165) is 22.4 Å². The van der Waals surface area contributed by atoms with Crippen LogP contribution in [0, 0.1) is 33.5 Å². The molecule has 1 amide bonds. The molecule has 7 nitrogen and oxygen atoms in total. The molecule has 0 saturated heterocycles. The molecule has 0 saturated carbocycles. The van der Waals surface area contributed by atoms with Crippen LogP contribution < -0.4 is 10.1 Å². The van der Waals surface area contributed by atoms with Gasteiger partial charge in [0.1, 0.15) is 22.7 Å². The number of benzene rings is 2. The smallest absolute Gasteiger partial charge is 0.265 e. The fourth-order valence-electron chi connectivity index (χ4n) is 3.55. The van der Waals surface area contributed by atoms with Crippen molar-refractivity contribution in [2.45, 2.75) is 27.7 Å². The lowest BCUT2D eigenvalue weighted by atomic mass is 10.1. The van der Waals surface area contributed by atoms with E-state index in [9.17, 15) is 9.18 Å². The van der Waals surface area contributed by atoms with Crippen molar-refractivity contribution >= 4 is 22.7 Å². The minimum atomic E-state index is -0.410. The lowest BCUT2D eigenvalue weighted by Gasteiger charge is -2.13. The molecule has 0 aliphatic rings. The minimum Gasteiger partial charge on any atom is -0.467 e. The molecule has 2 heterocycles. The highest BCUT2D eigenvalue weighted by Gasteiger charge is 2.20. The van der Waals surface area contributed by atoms with Gasteiger partial charge in [0.15, 0.2) is 6.61 Å². The molecule has 0 fully saturated rings. The predicted octanol–water partition coefficient (Wildman–Crippen LogP) is 4.68. The van der Waals surface area contributed by atoms with Crippen molar-refractivity contribution in [2.24, 2.45) is 0 Å². The van der Waals surface area contributed by atoms with Crippen LogP contribution in [0.1, 0.15) is 22.5 Å². The van der Waals surface area contributed by atoms with Crippen LogP contribution in [0.4, 0.5) is 10.1 Å². The number of halogens is 1. The highest BCUT2D eigenvalue weighted by molar-refractivity contribution is 5.95. The van der Waals surface area contributed by atoms with Crippen molar-refractivity contribution in [1.82, 2.24) is 15.1 Å². The highest BCUT2D eigenvalue weighted by Crippen LogP contribution is 2.33. The number of aromatic nitrogens is 3. The number of rotatable bonds is 5. The Hall–Kier alpha value is -3.81. The zero-order valence-corrected chi connectivity index (χ0v) is 17.6. The van der Waals surface area contributed by atoms with E-state index in [2.05, 4.69) is 20.4 Å². The van der Waals surface area contributed by atoms with E-state index in [1.165, 1.54) is 12.1 Å². The fraction of sp³-hybridized carbons (Fsp3) is 0.217. The summed E-state index contributed by atoms with van der Waals surface area (Å²) in [5.74, 6) is -0.193. The molecule has 2 aromatic carbocycles. The van der Waals surface area contributed by atoms with E-state index in [1.807, 2.05) is 32.9 Å². The van der Waals surface area contributed by atoms with E-state index < -0.39 is 5.82 Å². The number of ether oxygens (including phenoxy) is 1. The van der Waals surface area contributed by atoms with Gasteiger partial charge in [-0.1, -0.05) is 35.0 Å². The number of nitrogens with zero attached hydrogens (tertiary/aromatic N) is 3. The summed E-state index contributed by atoms with van der Waals surface area (Å²) >= 11 is 0. The number of fused-ring (bicyclic) bond motifs is 1. The van der Waals surface area contributed by atoms with Gasteiger partial charge in [0.2, 0.25) is 5.88 Å². The summed E-state index contributed by atoms with van der Waals surface area (Å²) in [7, 11) is 0. The van der Waals surface area contributed by atoms with Gasteiger partial charge in [0.05, 0.1) is 0 Å². The molecular weight excluding hydrogens is 399 g/mol. The Labute approximate surface area is 178 Å². The number of aryl methyl sites for hydroxylation is 4. The third kappa shape index (κ3) is 4.23. The highest BCUT2D eigenvalue weighted by atomic mass is 19.1. The van der Waals surface area contributed by atoms with E-state index in [0.29, 0.717) is 22.5 Å². The number of amides is 1. The quantitative estimate of drug-likeness (QED) is 0.504. The molecule has 31 heavy (non-hydrogen) atoms. The molecule has 0 spiro atoms. The Morgan fingerprint density at radius 1 is 1.10 bits per heavy atom. The maximum absolute atomic E-state index is 13.7. The first-order valence-electron chi connectivity index (χ1n) is 9.72. The van der Waals surface area contributed by atoms with Gasteiger partial charge >= 0.3 is 0 Å². The van der Waals surface area contributed by atoms with Crippen LogP contribution in [0.2, 0.25) is 0 Å². The van der Waals surface area contributed by atoms with Gasteiger partial charge in [-0.2, -0.15) is 9.97 Å². The number of anilines is 1. The van der Waals surface area contributed by atoms with Crippen LogP contribution in [-0.4, -0.2) is 27.6 Å². The number of hydrogen-bond donors (Lipinski definition) is 1. The van der Waals surface area contributed by atoms with Crippen molar-refractivity contribution in [2.75, 3.05) is 11.9 Å². The third-order valence-corrected chi connectivity index (χ3v) is 4.79. The molecule has 0 radical (unpaired) electrons. The normalized spacial score (nSPS) is 11.0. The molecule has 0 aliphatic carbocycles. The van der Waals surface area contributed by atoms with Crippen molar-refractivity contribution < 1.29 is 18.4 Å². The number of carbonyl (C=O) groups excluding carboxylic acids is 1. The topological polar surface area (TPSA) is 90.1 Å². The average molecular weight is 420 g/mol. The summed E-state index contributed by atoms with van der Waals surface area (Å²) in [6.07, 6.45) is 0. The first kappa shape index (κ1) is 20.5. The largest absolute Gasteiger partial charge is 0.467 e. The van der Waals surface area contributed by atoms with Gasteiger partial charge in [0, 0.05) is 11.3 Å². The maximum atomic E-state index is 13.7. The molecule has 1 N–H and O–H groups in total. The van der Waals surface area contributed by atoms with E-state index in [-0.39, 0.29) is 24.1 Å². The van der Waals surface area contributed by atoms with Gasteiger partial charge < -0.3 is 14.6 Å². The van der Waals surface area contributed by atoms with Crippen LogP contribution in [0.3, 0.4) is 0 Å². The first-order valence-corrected chi connectivity index (χ1v) is 9.72. The van der Waals surface area contributed by atoms with Crippen molar-refractivity contribution in [1.29, 1.82) is 0 Å². The lowest BCUT2D eigenvalue weighted by molar-refractivity contribution is -0.118. The SMILES string of the molecule is Cc1cc(C)c(NC(=O)COc2nc(C)nc3onc(-c4cccc(F)c4)c23)c(C)c1. The van der Waals surface area contributed by atoms with Gasteiger partial charge in [-0.25, -0.2) is 4.39 Å². The van der Waals surface area contributed by atoms with E-state index in [1.54, 1.807) is 19.1 Å². The van der Waals surface area contributed by atoms with Crippen LogP contribution in [0.15, 0.2) is 40.9 Å². The van der Waals surface area contributed by atoms with Gasteiger partial charge in [0.25, 0.3) is 11.6 Å². The molecule has 158 valence electrons. The first-order chi connectivity index (χ1) is 14.8. The van der Waals surface area contributed by atoms with Crippen molar-refractivity contribution in [3.63, 3.8) is 0 Å². The fourth-order valence-corrected chi connectivity index (χ4v) is 3.55. The number of nitrogens with one attached hydrogen (secondary N) is 1. The second-order valence-corrected chi connectivity index (χ2v) is 7.41. The van der Waals surface area contributed by atoms with E-state index >= 15 is 0 Å². The molecular formula is C23H21FN4O3. The summed E-state index contributed by atoms with van der Waals surface area (Å²) in [6, 6.07) is 9.94. The van der Waals surface area contributed by atoms with Crippen LogP contribution in [0.5, 0.6) is 5.88 Å². The van der Waals surface area contributed by atoms with Gasteiger partial charge in [-0.3, -0.25) is 4.79 Å². The zero-order chi connectivity index (χ0) is 22.1. The Kier molecular flexibility index (Phi) is 5.37. The molecule has 4 rings (SSSR count). The Morgan fingerprint density at radius 3 is 2.55 bits per heavy atom. The van der Waals surface area contributed by atoms with Crippen molar-refractivity contribution in [3.05, 3.63) is 64.7 Å². The predicted molar refractivity (Wildman–Crippen MR) is 115 cm³/mol. The molecule has 0 atom stereocenters. The van der Waals surface area contributed by atoms with E-state index in [4.69, 9.17) is 9.26 Å². The van der Waals surface area contributed by atoms with Crippen LogP contribution in [0.25, 0.3) is 22.4 Å². The number of hydrogen-bond acceptors (Lipinski definition) is 6. The lowest BCUT2D eigenvalue weighted by Crippen LogP contribution is -2.21. The van der Waals surface area contributed by atoms with Crippen LogP contribution >= 0.6 is 0 Å².